The molecule has 92 valence electrons. The van der Waals surface area contributed by atoms with Gasteiger partial charge in [0.1, 0.15) is 0 Å². The van der Waals surface area contributed by atoms with Gasteiger partial charge in [0.25, 0.3) is 0 Å². The predicted octanol–water partition coefficient (Wildman–Crippen LogP) is 1.92. The molecule has 0 spiro atoms. The van der Waals surface area contributed by atoms with Gasteiger partial charge in [-0.25, -0.2) is 0 Å². The highest BCUT2D eigenvalue weighted by atomic mass is 16.2. The fourth-order valence-electron chi connectivity index (χ4n) is 2.87. The summed E-state index contributed by atoms with van der Waals surface area (Å²) in [6.45, 7) is 4.18. The summed E-state index contributed by atoms with van der Waals surface area (Å²) in [5.74, 6) is 0.356. The average Bonchev–Trinajstić information content (AvgIpc) is 2.54. The monoisotopic (exact) mass is 224 g/mol. The molecular formula is C13H24N2O. The number of nitrogens with one attached hydrogen (secondary N) is 1. The quantitative estimate of drug-likeness (QED) is 0.738. The van der Waals surface area contributed by atoms with Gasteiger partial charge in [0.15, 0.2) is 0 Å². The van der Waals surface area contributed by atoms with Crippen LogP contribution >= 0.6 is 0 Å². The molecule has 3 nitrogen and oxygen atoms in total. The van der Waals surface area contributed by atoms with Crippen LogP contribution < -0.4 is 5.32 Å². The number of hydrogen-bond donors (Lipinski definition) is 1. The first-order valence-electron chi connectivity index (χ1n) is 6.83. The standard InChI is InChI=1S/C13H24N2O/c1-11-7-3-2-6-10-15(11)13(16)12-8-4-5-9-14-12/h11-12,14H,2-10H2,1H3/t11?,12-/m1/s1. The van der Waals surface area contributed by atoms with Gasteiger partial charge in [-0.05, 0) is 39.2 Å². The second-order valence-corrected chi connectivity index (χ2v) is 5.23. The molecule has 2 atom stereocenters. The molecule has 0 saturated carbocycles. The maximum absolute atomic E-state index is 12.4. The number of amides is 1. The normalized spacial score (nSPS) is 32.2. The Morgan fingerprint density at radius 3 is 2.69 bits per heavy atom. The van der Waals surface area contributed by atoms with Crippen LogP contribution in [0.25, 0.3) is 0 Å². The van der Waals surface area contributed by atoms with E-state index >= 15 is 0 Å². The van der Waals surface area contributed by atoms with E-state index in [-0.39, 0.29) is 6.04 Å². The van der Waals surface area contributed by atoms with E-state index in [1.165, 1.54) is 38.5 Å². The van der Waals surface area contributed by atoms with Gasteiger partial charge in [0.2, 0.25) is 5.91 Å². The predicted molar refractivity (Wildman–Crippen MR) is 65.3 cm³/mol. The Morgan fingerprint density at radius 1 is 1.12 bits per heavy atom. The Balaban J connectivity index is 1.95. The minimum atomic E-state index is 0.106. The minimum absolute atomic E-state index is 0.106. The number of carbonyl (C=O) groups is 1. The number of rotatable bonds is 1. The largest absolute Gasteiger partial charge is 0.339 e. The fourth-order valence-corrected chi connectivity index (χ4v) is 2.87. The molecule has 0 aromatic rings. The lowest BCUT2D eigenvalue weighted by atomic mass is 10.0. The highest BCUT2D eigenvalue weighted by molar-refractivity contribution is 5.82. The van der Waals surface area contributed by atoms with Crippen molar-refractivity contribution in [2.75, 3.05) is 13.1 Å². The van der Waals surface area contributed by atoms with Crippen LogP contribution in [-0.4, -0.2) is 36.0 Å². The maximum atomic E-state index is 12.4. The zero-order chi connectivity index (χ0) is 11.4. The average molecular weight is 224 g/mol. The van der Waals surface area contributed by atoms with E-state index in [0.717, 1.165) is 19.5 Å². The van der Waals surface area contributed by atoms with E-state index in [9.17, 15) is 4.79 Å². The van der Waals surface area contributed by atoms with Crippen molar-refractivity contribution in [2.24, 2.45) is 0 Å². The third kappa shape index (κ3) is 2.76. The van der Waals surface area contributed by atoms with Crippen LogP contribution in [0.1, 0.15) is 51.9 Å². The van der Waals surface area contributed by atoms with Crippen LogP contribution in [0.3, 0.4) is 0 Å². The number of piperidine rings is 1. The first-order chi connectivity index (χ1) is 7.79. The highest BCUT2D eigenvalue weighted by Gasteiger charge is 2.28. The molecule has 2 heterocycles. The first kappa shape index (κ1) is 11.9. The van der Waals surface area contributed by atoms with Crippen molar-refractivity contribution in [3.63, 3.8) is 0 Å². The van der Waals surface area contributed by atoms with Crippen LogP contribution in [0, 0.1) is 0 Å². The molecule has 3 heteroatoms. The lowest BCUT2D eigenvalue weighted by Crippen LogP contribution is -2.51. The molecule has 2 saturated heterocycles. The van der Waals surface area contributed by atoms with Crippen LogP contribution in [0.15, 0.2) is 0 Å². The molecule has 0 radical (unpaired) electrons. The minimum Gasteiger partial charge on any atom is -0.339 e. The lowest BCUT2D eigenvalue weighted by molar-refractivity contribution is -0.136. The molecule has 2 aliphatic rings. The van der Waals surface area contributed by atoms with Gasteiger partial charge >= 0.3 is 0 Å². The summed E-state index contributed by atoms with van der Waals surface area (Å²) in [7, 11) is 0. The summed E-state index contributed by atoms with van der Waals surface area (Å²) >= 11 is 0. The second kappa shape index (κ2) is 5.67. The maximum Gasteiger partial charge on any atom is 0.239 e. The van der Waals surface area contributed by atoms with Gasteiger partial charge in [-0.15, -0.1) is 0 Å². The molecule has 16 heavy (non-hydrogen) atoms. The van der Waals surface area contributed by atoms with Crippen molar-refractivity contribution >= 4 is 5.91 Å². The Labute approximate surface area is 98.6 Å². The highest BCUT2D eigenvalue weighted by Crippen LogP contribution is 2.19. The Kier molecular flexibility index (Phi) is 4.22. The Morgan fingerprint density at radius 2 is 1.94 bits per heavy atom. The van der Waals surface area contributed by atoms with E-state index in [4.69, 9.17) is 0 Å². The molecule has 0 aliphatic carbocycles. The molecule has 1 amide bonds. The van der Waals surface area contributed by atoms with Gasteiger partial charge in [0, 0.05) is 12.6 Å². The summed E-state index contributed by atoms with van der Waals surface area (Å²) in [6, 6.07) is 0.549. The van der Waals surface area contributed by atoms with Gasteiger partial charge in [0.05, 0.1) is 6.04 Å². The van der Waals surface area contributed by atoms with Gasteiger partial charge in [-0.2, -0.15) is 0 Å². The molecule has 2 rings (SSSR count). The Bertz CT molecular complexity index is 236. The zero-order valence-electron chi connectivity index (χ0n) is 10.4. The van der Waals surface area contributed by atoms with E-state index in [1.54, 1.807) is 0 Å². The summed E-state index contributed by atoms with van der Waals surface area (Å²) in [6.07, 6.45) is 8.38. The summed E-state index contributed by atoms with van der Waals surface area (Å²) in [5.41, 5.74) is 0. The number of carbonyl (C=O) groups excluding carboxylic acids is 1. The Hall–Kier alpha value is -0.570. The van der Waals surface area contributed by atoms with Crippen LogP contribution in [-0.2, 0) is 4.79 Å². The van der Waals surface area contributed by atoms with Gasteiger partial charge in [-0.1, -0.05) is 19.3 Å². The lowest BCUT2D eigenvalue weighted by Gasteiger charge is -2.33. The fraction of sp³-hybridized carbons (Fsp3) is 0.923. The number of nitrogens with zero attached hydrogens (tertiary/aromatic N) is 1. The van der Waals surface area contributed by atoms with Gasteiger partial charge < -0.3 is 10.2 Å². The van der Waals surface area contributed by atoms with Gasteiger partial charge in [-0.3, -0.25) is 4.79 Å². The third-order valence-corrected chi connectivity index (χ3v) is 3.94. The van der Waals surface area contributed by atoms with Crippen molar-refractivity contribution in [3.05, 3.63) is 0 Å². The van der Waals surface area contributed by atoms with Crippen LogP contribution in [0.5, 0.6) is 0 Å². The molecule has 0 bridgehead atoms. The smallest absolute Gasteiger partial charge is 0.239 e. The van der Waals surface area contributed by atoms with Crippen molar-refractivity contribution in [1.82, 2.24) is 10.2 Å². The molecular weight excluding hydrogens is 200 g/mol. The van der Waals surface area contributed by atoms with E-state index in [2.05, 4.69) is 17.1 Å². The van der Waals surface area contributed by atoms with Crippen molar-refractivity contribution in [2.45, 2.75) is 64.0 Å². The molecule has 0 aromatic carbocycles. The van der Waals surface area contributed by atoms with E-state index < -0.39 is 0 Å². The van der Waals surface area contributed by atoms with Crippen molar-refractivity contribution in [3.8, 4) is 0 Å². The summed E-state index contributed by atoms with van der Waals surface area (Å²) in [5, 5.41) is 3.37. The zero-order valence-corrected chi connectivity index (χ0v) is 10.4. The van der Waals surface area contributed by atoms with Crippen LogP contribution in [0.4, 0.5) is 0 Å². The number of hydrogen-bond acceptors (Lipinski definition) is 2. The van der Waals surface area contributed by atoms with Crippen molar-refractivity contribution in [1.29, 1.82) is 0 Å². The topological polar surface area (TPSA) is 32.3 Å². The third-order valence-electron chi connectivity index (χ3n) is 3.94. The summed E-state index contributed by atoms with van der Waals surface area (Å²) in [4.78, 5) is 14.5. The molecule has 0 aromatic heterocycles. The SMILES string of the molecule is CC1CCCCCN1C(=O)[C@H]1CCCCN1. The molecule has 1 unspecified atom stereocenters. The molecule has 1 N–H and O–H groups in total. The second-order valence-electron chi connectivity index (χ2n) is 5.23. The first-order valence-corrected chi connectivity index (χ1v) is 6.83. The van der Waals surface area contributed by atoms with E-state index in [1.807, 2.05) is 0 Å². The summed E-state index contributed by atoms with van der Waals surface area (Å²) < 4.78 is 0. The van der Waals surface area contributed by atoms with Crippen LogP contribution in [0.2, 0.25) is 0 Å². The number of likely N-dealkylation sites (tertiary alicyclic amines) is 1. The molecule has 2 aliphatic heterocycles. The van der Waals surface area contributed by atoms with Crippen molar-refractivity contribution < 1.29 is 4.79 Å². The molecule has 2 fully saturated rings. The van der Waals surface area contributed by atoms with E-state index in [0.29, 0.717) is 11.9 Å².